The molecular formula is C75H67N. The molecule has 0 radical (unpaired) electrons. The van der Waals surface area contributed by atoms with E-state index in [2.05, 4.69) is 299 Å². The lowest BCUT2D eigenvalue weighted by Gasteiger charge is -2.36. The Morgan fingerprint density at radius 3 is 1.21 bits per heavy atom. The van der Waals surface area contributed by atoms with E-state index in [1.54, 1.807) is 0 Å². The molecule has 0 amide bonds. The molecule has 372 valence electrons. The molecular weight excluding hydrogens is 915 g/mol. The number of hydrogen-bond acceptors (Lipinski definition) is 1. The first-order chi connectivity index (χ1) is 36.5. The minimum atomic E-state index is -0.580. The predicted molar refractivity (Wildman–Crippen MR) is 322 cm³/mol. The van der Waals surface area contributed by atoms with E-state index >= 15 is 0 Å². The Bertz CT molecular complexity index is 3870. The molecule has 0 N–H and O–H groups in total. The van der Waals surface area contributed by atoms with Crippen molar-refractivity contribution in [1.29, 1.82) is 0 Å². The average molecular weight is 982 g/mol. The number of anilines is 3. The second-order valence-electron chi connectivity index (χ2n) is 24.9. The topological polar surface area (TPSA) is 3.24 Å². The molecule has 1 nitrogen and oxygen atoms in total. The molecule has 1 heteroatoms. The van der Waals surface area contributed by atoms with Crippen molar-refractivity contribution in [3.8, 4) is 55.6 Å². The molecule has 0 aliphatic heterocycles. The summed E-state index contributed by atoms with van der Waals surface area (Å²) in [5, 5.41) is 0. The van der Waals surface area contributed by atoms with Crippen molar-refractivity contribution in [3.63, 3.8) is 0 Å². The summed E-state index contributed by atoms with van der Waals surface area (Å²) >= 11 is 0. The first-order valence-electron chi connectivity index (χ1n) is 27.4. The SMILES string of the molecule is CC(C)(C)c1ccc(C2(c3ccc(C(C)(C)C)cc3)c3ccccc3-c3ccc(N(c4ccc(-c5ccccc5-c5cccc6c5C(C)(C)c5ccccc5-6)cc4)c4ccc5c(c4)C(C)(C)c4ccccc4-5)cc32)cc1. The fourth-order valence-electron chi connectivity index (χ4n) is 13.7. The van der Waals surface area contributed by atoms with Crippen LogP contribution in [0.3, 0.4) is 0 Å². The van der Waals surface area contributed by atoms with E-state index in [1.165, 1.54) is 111 Å². The second kappa shape index (κ2) is 17.0. The first kappa shape index (κ1) is 47.7. The highest BCUT2D eigenvalue weighted by atomic mass is 15.1. The van der Waals surface area contributed by atoms with Gasteiger partial charge >= 0.3 is 0 Å². The molecule has 10 aromatic rings. The lowest BCUT2D eigenvalue weighted by atomic mass is 9.67. The number of rotatable bonds is 7. The van der Waals surface area contributed by atoms with Crippen molar-refractivity contribution in [2.45, 2.75) is 96.3 Å². The van der Waals surface area contributed by atoms with Gasteiger partial charge in [0.2, 0.25) is 0 Å². The molecule has 0 saturated carbocycles. The summed E-state index contributed by atoms with van der Waals surface area (Å²) in [5.41, 5.74) is 28.7. The molecule has 0 unspecified atom stereocenters. The van der Waals surface area contributed by atoms with Gasteiger partial charge in [-0.15, -0.1) is 0 Å². The van der Waals surface area contributed by atoms with Crippen LogP contribution in [0.25, 0.3) is 55.6 Å². The quantitative estimate of drug-likeness (QED) is 0.154. The van der Waals surface area contributed by atoms with Crippen molar-refractivity contribution < 1.29 is 0 Å². The zero-order valence-corrected chi connectivity index (χ0v) is 45.8. The molecule has 3 aliphatic rings. The largest absolute Gasteiger partial charge is 0.310 e. The maximum atomic E-state index is 2.52. The summed E-state index contributed by atoms with van der Waals surface area (Å²) in [6.07, 6.45) is 0. The Morgan fingerprint density at radius 1 is 0.289 bits per heavy atom. The lowest BCUT2D eigenvalue weighted by Crippen LogP contribution is -2.29. The van der Waals surface area contributed by atoms with Gasteiger partial charge in [0.25, 0.3) is 0 Å². The fourth-order valence-corrected chi connectivity index (χ4v) is 13.7. The minimum Gasteiger partial charge on any atom is -0.310 e. The molecule has 0 bridgehead atoms. The van der Waals surface area contributed by atoms with Crippen LogP contribution >= 0.6 is 0 Å². The van der Waals surface area contributed by atoms with Crippen LogP contribution in [0.4, 0.5) is 17.1 Å². The molecule has 0 heterocycles. The Labute approximate surface area is 451 Å². The van der Waals surface area contributed by atoms with Crippen molar-refractivity contribution in [3.05, 3.63) is 280 Å². The van der Waals surface area contributed by atoms with E-state index in [1.807, 2.05) is 0 Å². The maximum absolute atomic E-state index is 2.52. The highest BCUT2D eigenvalue weighted by Crippen LogP contribution is 2.59. The molecule has 0 saturated heterocycles. The Morgan fingerprint density at radius 2 is 0.671 bits per heavy atom. The van der Waals surface area contributed by atoms with E-state index in [0.29, 0.717) is 0 Å². The van der Waals surface area contributed by atoms with E-state index < -0.39 is 5.41 Å². The highest BCUT2D eigenvalue weighted by molar-refractivity contribution is 5.95. The number of hydrogen-bond donors (Lipinski definition) is 0. The van der Waals surface area contributed by atoms with Gasteiger partial charge in [-0.3, -0.25) is 0 Å². The minimum absolute atomic E-state index is 0.0215. The van der Waals surface area contributed by atoms with Gasteiger partial charge in [-0.1, -0.05) is 257 Å². The molecule has 0 aromatic heterocycles. The first-order valence-corrected chi connectivity index (χ1v) is 27.4. The van der Waals surface area contributed by atoms with Crippen molar-refractivity contribution in [1.82, 2.24) is 0 Å². The van der Waals surface area contributed by atoms with Crippen molar-refractivity contribution >= 4 is 17.1 Å². The van der Waals surface area contributed by atoms with Crippen LogP contribution in [0, 0.1) is 0 Å². The highest BCUT2D eigenvalue weighted by Gasteiger charge is 2.47. The van der Waals surface area contributed by atoms with Crippen molar-refractivity contribution in [2.75, 3.05) is 4.90 Å². The second-order valence-corrected chi connectivity index (χ2v) is 24.9. The van der Waals surface area contributed by atoms with Gasteiger partial charge in [-0.05, 0) is 158 Å². The number of nitrogens with zero attached hydrogens (tertiary/aromatic N) is 1. The lowest BCUT2D eigenvalue weighted by molar-refractivity contribution is 0.588. The third kappa shape index (κ3) is 7.11. The van der Waals surface area contributed by atoms with Crippen LogP contribution in [-0.2, 0) is 27.1 Å². The summed E-state index contributed by atoms with van der Waals surface area (Å²) in [6, 6.07) is 85.9. The monoisotopic (exact) mass is 982 g/mol. The van der Waals surface area contributed by atoms with Crippen LogP contribution in [0.5, 0.6) is 0 Å². The molecule has 0 spiro atoms. The Hall–Kier alpha value is -8.00. The summed E-state index contributed by atoms with van der Waals surface area (Å²) in [4.78, 5) is 2.51. The van der Waals surface area contributed by atoms with E-state index in [9.17, 15) is 0 Å². The van der Waals surface area contributed by atoms with Gasteiger partial charge < -0.3 is 4.90 Å². The van der Waals surface area contributed by atoms with Gasteiger partial charge in [0.05, 0.1) is 5.41 Å². The van der Waals surface area contributed by atoms with Crippen LogP contribution in [0.2, 0.25) is 0 Å². The van der Waals surface area contributed by atoms with Crippen LogP contribution in [0.1, 0.15) is 125 Å². The molecule has 3 aliphatic carbocycles. The molecule has 13 rings (SSSR count). The normalized spacial score (nSPS) is 15.0. The Balaban J connectivity index is 1.01. The zero-order valence-electron chi connectivity index (χ0n) is 45.8. The van der Waals surface area contributed by atoms with Crippen LogP contribution < -0.4 is 4.90 Å². The van der Waals surface area contributed by atoms with E-state index in [-0.39, 0.29) is 21.7 Å². The van der Waals surface area contributed by atoms with Gasteiger partial charge in [0, 0.05) is 27.9 Å². The number of benzene rings is 10. The van der Waals surface area contributed by atoms with E-state index in [4.69, 9.17) is 0 Å². The van der Waals surface area contributed by atoms with Crippen molar-refractivity contribution in [2.24, 2.45) is 0 Å². The smallest absolute Gasteiger partial charge is 0.0714 e. The van der Waals surface area contributed by atoms with Gasteiger partial charge in [-0.25, -0.2) is 0 Å². The standard InChI is InChI=1S/C75H67N/c1-71(2,3)49-32-36-51(37-33-49)75(52-38-34-50(35-39-52)72(4,5)6)67-29-18-15-23-59(67)62-45-43-55(47-69(62)75)76(54-42-44-61-58-22-13-16-27-65(58)73(7,8)68(61)46-54)53-40-30-48(31-41-53)56-20-11-12-21-57(56)63-25-19-26-64-60-24-14-17-28-66(60)74(9,10)70(63)64/h11-47H,1-10H3. The number of fused-ring (bicyclic) bond motifs is 9. The summed E-state index contributed by atoms with van der Waals surface area (Å²) in [7, 11) is 0. The fraction of sp³-hybridized carbons (Fsp3) is 0.200. The van der Waals surface area contributed by atoms with Gasteiger partial charge in [-0.2, -0.15) is 0 Å². The summed E-state index contributed by atoms with van der Waals surface area (Å²) < 4.78 is 0. The Kier molecular flexibility index (Phi) is 10.7. The summed E-state index contributed by atoms with van der Waals surface area (Å²) in [6.45, 7) is 23.4. The third-order valence-corrected chi connectivity index (χ3v) is 17.7. The molecule has 76 heavy (non-hydrogen) atoms. The summed E-state index contributed by atoms with van der Waals surface area (Å²) in [5.74, 6) is 0. The molecule has 0 fully saturated rings. The third-order valence-electron chi connectivity index (χ3n) is 17.7. The zero-order chi connectivity index (χ0) is 52.5. The maximum Gasteiger partial charge on any atom is 0.0714 e. The van der Waals surface area contributed by atoms with Gasteiger partial charge in [0.15, 0.2) is 0 Å². The van der Waals surface area contributed by atoms with Crippen LogP contribution in [0.15, 0.2) is 224 Å². The predicted octanol–water partition coefficient (Wildman–Crippen LogP) is 20.1. The molecule has 0 atom stereocenters. The van der Waals surface area contributed by atoms with E-state index in [0.717, 1.165) is 17.1 Å². The van der Waals surface area contributed by atoms with Crippen LogP contribution in [-0.4, -0.2) is 0 Å². The molecule has 10 aromatic carbocycles. The van der Waals surface area contributed by atoms with Gasteiger partial charge in [0.1, 0.15) is 0 Å². The average Bonchev–Trinajstić information content (AvgIpc) is 4.18.